The number of aliphatic hydroxyl groups excluding tert-OH is 2. The maximum atomic E-state index is 11.4. The van der Waals surface area contributed by atoms with Gasteiger partial charge in [0.15, 0.2) is 0 Å². The minimum Gasteiger partial charge on any atom is -0.396 e. The van der Waals surface area contributed by atoms with Gasteiger partial charge >= 0.3 is 0 Å². The molecule has 0 aliphatic heterocycles. The third-order valence-electron chi connectivity index (χ3n) is 12.1. The molecule has 0 heterocycles. The van der Waals surface area contributed by atoms with Gasteiger partial charge in [-0.3, -0.25) is 0 Å². The molecule has 3 unspecified atom stereocenters. The average molecular weight is 439 g/mol. The second-order valence-corrected chi connectivity index (χ2v) is 14.2. The summed E-state index contributed by atoms with van der Waals surface area (Å²) in [6.07, 6.45) is 17.3. The summed E-state index contributed by atoms with van der Waals surface area (Å²) in [6, 6.07) is 0. The van der Waals surface area contributed by atoms with Crippen LogP contribution in [0.1, 0.15) is 93.4 Å². The van der Waals surface area contributed by atoms with Crippen molar-refractivity contribution in [1.29, 1.82) is 0 Å². The Bertz CT molecular complexity index is 910. The van der Waals surface area contributed by atoms with Gasteiger partial charge in [0.2, 0.25) is 0 Å². The summed E-state index contributed by atoms with van der Waals surface area (Å²) >= 11 is 0. The summed E-state index contributed by atoms with van der Waals surface area (Å²) in [5.41, 5.74) is 3.68. The van der Waals surface area contributed by atoms with E-state index in [9.17, 15) is 10.2 Å². The molecule has 0 spiro atoms. The predicted molar refractivity (Wildman–Crippen MR) is 132 cm³/mol. The molecule has 3 saturated carbocycles. The van der Waals surface area contributed by atoms with Gasteiger partial charge in [0.05, 0.1) is 6.10 Å². The quantitative estimate of drug-likeness (QED) is 0.440. The van der Waals surface area contributed by atoms with Gasteiger partial charge in [0.1, 0.15) is 0 Å². The normalized spacial score (nSPS) is 53.8. The Morgan fingerprint density at radius 2 is 1.56 bits per heavy atom. The molecule has 5 rings (SSSR count). The molecule has 2 N–H and O–H groups in total. The molecule has 32 heavy (non-hydrogen) atoms. The molecule has 5 aliphatic carbocycles. The smallest absolute Gasteiger partial charge is 0.0815 e. The molecule has 5 aliphatic rings. The molecular formula is C30H46O2. The fourth-order valence-electron chi connectivity index (χ4n) is 9.41. The van der Waals surface area contributed by atoms with Crippen molar-refractivity contribution in [2.75, 3.05) is 6.61 Å². The van der Waals surface area contributed by atoms with E-state index in [1.54, 1.807) is 5.57 Å². The van der Waals surface area contributed by atoms with Crippen LogP contribution in [0.3, 0.4) is 0 Å². The zero-order valence-electron chi connectivity index (χ0n) is 21.6. The van der Waals surface area contributed by atoms with Crippen LogP contribution in [0.25, 0.3) is 0 Å². The van der Waals surface area contributed by atoms with Crippen molar-refractivity contribution in [3.8, 4) is 0 Å². The molecule has 2 nitrogen and oxygen atoms in total. The van der Waals surface area contributed by atoms with E-state index in [0.29, 0.717) is 23.9 Å². The zero-order valence-corrected chi connectivity index (χ0v) is 21.6. The van der Waals surface area contributed by atoms with Gasteiger partial charge in [0.25, 0.3) is 0 Å². The summed E-state index contributed by atoms with van der Waals surface area (Å²) in [6.45, 7) is 17.3. The van der Waals surface area contributed by atoms with Crippen molar-refractivity contribution >= 4 is 0 Å². The Labute approximate surface area is 196 Å². The number of rotatable bonds is 1. The summed E-state index contributed by atoms with van der Waals surface area (Å²) in [5.74, 6) is 1.02. The van der Waals surface area contributed by atoms with E-state index in [1.807, 2.05) is 0 Å². The van der Waals surface area contributed by atoms with Crippen LogP contribution in [-0.2, 0) is 0 Å². The number of hydrogen-bond acceptors (Lipinski definition) is 2. The molecular weight excluding hydrogens is 392 g/mol. The van der Waals surface area contributed by atoms with Gasteiger partial charge in [-0.25, -0.2) is 0 Å². The zero-order chi connectivity index (χ0) is 23.4. The topological polar surface area (TPSA) is 40.5 Å². The molecule has 0 aromatic rings. The van der Waals surface area contributed by atoms with Crippen LogP contribution in [0.4, 0.5) is 0 Å². The molecule has 0 bridgehead atoms. The maximum Gasteiger partial charge on any atom is 0.0815 e. The summed E-state index contributed by atoms with van der Waals surface area (Å²) in [5, 5.41) is 21.6. The summed E-state index contributed by atoms with van der Waals surface area (Å²) < 4.78 is 0. The summed E-state index contributed by atoms with van der Waals surface area (Å²) in [4.78, 5) is 0. The first-order chi connectivity index (χ1) is 14.8. The van der Waals surface area contributed by atoms with E-state index >= 15 is 0 Å². The van der Waals surface area contributed by atoms with Crippen molar-refractivity contribution in [2.24, 2.45) is 44.3 Å². The van der Waals surface area contributed by atoms with Gasteiger partial charge in [-0.05, 0) is 83.9 Å². The van der Waals surface area contributed by atoms with Crippen LogP contribution in [-0.4, -0.2) is 22.9 Å². The van der Waals surface area contributed by atoms with Gasteiger partial charge in [-0.15, -0.1) is 0 Å². The van der Waals surface area contributed by atoms with Crippen LogP contribution in [0.2, 0.25) is 0 Å². The molecule has 0 aromatic heterocycles. The van der Waals surface area contributed by atoms with Crippen molar-refractivity contribution in [2.45, 2.75) is 99.5 Å². The summed E-state index contributed by atoms with van der Waals surface area (Å²) in [7, 11) is 0. The van der Waals surface area contributed by atoms with Crippen LogP contribution < -0.4 is 0 Å². The highest BCUT2D eigenvalue weighted by atomic mass is 16.3. The van der Waals surface area contributed by atoms with Gasteiger partial charge in [0, 0.05) is 12.0 Å². The van der Waals surface area contributed by atoms with Crippen LogP contribution in [0.5, 0.6) is 0 Å². The Kier molecular flexibility index (Phi) is 4.74. The Balaban J connectivity index is 1.65. The van der Waals surface area contributed by atoms with Gasteiger partial charge < -0.3 is 10.2 Å². The van der Waals surface area contributed by atoms with Gasteiger partial charge in [-0.1, -0.05) is 83.9 Å². The van der Waals surface area contributed by atoms with Crippen LogP contribution in [0, 0.1) is 44.3 Å². The fourth-order valence-corrected chi connectivity index (χ4v) is 9.41. The van der Waals surface area contributed by atoms with E-state index in [2.05, 4.69) is 72.8 Å². The van der Waals surface area contributed by atoms with Crippen LogP contribution >= 0.6 is 0 Å². The second kappa shape index (κ2) is 6.63. The lowest BCUT2D eigenvalue weighted by molar-refractivity contribution is -0.0936. The first-order valence-corrected chi connectivity index (χ1v) is 13.2. The lowest BCUT2D eigenvalue weighted by Gasteiger charge is -2.68. The van der Waals surface area contributed by atoms with Crippen molar-refractivity contribution in [3.63, 3.8) is 0 Å². The molecule has 0 aromatic carbocycles. The Hall–Kier alpha value is -0.860. The van der Waals surface area contributed by atoms with E-state index < -0.39 is 6.10 Å². The largest absolute Gasteiger partial charge is 0.396 e. The molecule has 8 atom stereocenters. The molecule has 0 amide bonds. The lowest BCUT2D eigenvalue weighted by Crippen LogP contribution is -2.61. The van der Waals surface area contributed by atoms with E-state index in [-0.39, 0.29) is 27.1 Å². The highest BCUT2D eigenvalue weighted by Gasteiger charge is 2.66. The Morgan fingerprint density at radius 3 is 2.25 bits per heavy atom. The first kappa shape index (κ1) is 22.9. The van der Waals surface area contributed by atoms with E-state index in [1.165, 1.54) is 37.7 Å². The fraction of sp³-hybridized carbons (Fsp3) is 0.800. The van der Waals surface area contributed by atoms with Gasteiger partial charge in [-0.2, -0.15) is 0 Å². The molecule has 178 valence electrons. The van der Waals surface area contributed by atoms with Crippen molar-refractivity contribution < 1.29 is 10.2 Å². The van der Waals surface area contributed by atoms with Crippen molar-refractivity contribution in [1.82, 2.24) is 0 Å². The third kappa shape index (κ3) is 2.66. The van der Waals surface area contributed by atoms with Crippen molar-refractivity contribution in [3.05, 3.63) is 35.5 Å². The minimum absolute atomic E-state index is 0.0478. The van der Waals surface area contributed by atoms with E-state index in [4.69, 9.17) is 0 Å². The molecule has 2 heteroatoms. The highest BCUT2D eigenvalue weighted by Crippen LogP contribution is 2.74. The first-order valence-electron chi connectivity index (χ1n) is 13.2. The maximum absolute atomic E-state index is 11.4. The predicted octanol–water partition coefficient (Wildman–Crippen LogP) is 6.84. The van der Waals surface area contributed by atoms with E-state index in [0.717, 1.165) is 12.8 Å². The lowest BCUT2D eigenvalue weighted by atomic mass is 9.36. The molecule has 0 radical (unpaired) electrons. The minimum atomic E-state index is -0.411. The SMILES string of the molecule is CC1(C)C=CC(O)[C@]2(C)C3=CC=C4C5C[C@@](C)(CO)CC[C@]5(C)CC[C@@]4(C)[C@]3(C)CCC12. The number of aliphatic hydroxyl groups is 2. The third-order valence-corrected chi connectivity index (χ3v) is 12.1. The number of hydrogen-bond donors (Lipinski definition) is 2. The Morgan fingerprint density at radius 1 is 0.875 bits per heavy atom. The molecule has 3 fully saturated rings. The number of fused-ring (bicyclic) bond motifs is 7. The number of allylic oxidation sites excluding steroid dienone is 4. The standard InChI is InChI=1S/C30H46O2/c1-25(2)12-11-24(32)30(7)22(25)10-13-29(6)23(30)9-8-20-21-18-26(3,19-31)14-15-27(21,4)16-17-28(20,29)5/h8-9,11-12,21-22,24,31-32H,10,13-19H2,1-7H3/t21?,22?,24?,26-,27+,28+,29+,30-/m0/s1. The second-order valence-electron chi connectivity index (χ2n) is 14.2. The molecule has 0 saturated heterocycles. The van der Waals surface area contributed by atoms with Crippen LogP contribution in [0.15, 0.2) is 35.5 Å². The highest BCUT2D eigenvalue weighted by molar-refractivity contribution is 5.47. The average Bonchev–Trinajstić information content (AvgIpc) is 2.73. The monoisotopic (exact) mass is 438 g/mol.